The maximum atomic E-state index is 10.6. The number of carbonyl (C=O) groups excluding carboxylic acids is 1. The molecule has 0 N–H and O–H groups in total. The Morgan fingerprint density at radius 2 is 1.66 bits per heavy atom. The molecule has 0 bridgehead atoms. The lowest BCUT2D eigenvalue weighted by molar-refractivity contribution is -0.142. The summed E-state index contributed by atoms with van der Waals surface area (Å²) < 4.78 is 17.6. The Hall–Kier alpha value is -1.41. The third-order valence-corrected chi connectivity index (χ3v) is 6.32. The number of benzene rings is 1. The third-order valence-electron chi connectivity index (χ3n) is 6.32. The van der Waals surface area contributed by atoms with E-state index in [1.807, 2.05) is 13.8 Å². The molecule has 29 heavy (non-hydrogen) atoms. The van der Waals surface area contributed by atoms with Crippen LogP contribution in [0.4, 0.5) is 0 Å². The molecule has 0 amide bonds. The zero-order valence-corrected chi connectivity index (χ0v) is 18.7. The molecule has 0 saturated carbocycles. The van der Waals surface area contributed by atoms with Crippen molar-refractivity contribution in [1.82, 2.24) is 9.80 Å². The van der Waals surface area contributed by atoms with Gasteiger partial charge in [0, 0.05) is 39.3 Å². The molecule has 7 heteroatoms. The van der Waals surface area contributed by atoms with E-state index in [4.69, 9.17) is 14.0 Å². The van der Waals surface area contributed by atoms with Crippen LogP contribution in [0.5, 0.6) is 0 Å². The highest BCUT2D eigenvalue weighted by Gasteiger charge is 2.51. The van der Waals surface area contributed by atoms with Crippen molar-refractivity contribution in [2.24, 2.45) is 0 Å². The van der Waals surface area contributed by atoms with Crippen molar-refractivity contribution >= 4 is 19.1 Å². The van der Waals surface area contributed by atoms with Gasteiger partial charge in [-0.2, -0.15) is 0 Å². The molecule has 6 nitrogen and oxygen atoms in total. The first-order valence-corrected chi connectivity index (χ1v) is 10.5. The van der Waals surface area contributed by atoms with E-state index in [1.165, 1.54) is 5.56 Å². The third kappa shape index (κ3) is 5.40. The van der Waals surface area contributed by atoms with Gasteiger partial charge in [-0.05, 0) is 52.6 Å². The monoisotopic (exact) mass is 402 g/mol. The van der Waals surface area contributed by atoms with Crippen molar-refractivity contribution in [2.45, 2.75) is 64.9 Å². The molecular formula is C22H35BN2O4. The van der Waals surface area contributed by atoms with E-state index in [0.717, 1.165) is 44.7 Å². The molecule has 0 aliphatic carbocycles. The van der Waals surface area contributed by atoms with Crippen molar-refractivity contribution in [1.29, 1.82) is 0 Å². The summed E-state index contributed by atoms with van der Waals surface area (Å²) in [5, 5.41) is 0. The van der Waals surface area contributed by atoms with Crippen LogP contribution in [-0.2, 0) is 25.4 Å². The molecule has 2 fully saturated rings. The highest BCUT2D eigenvalue weighted by atomic mass is 16.7. The Kier molecular flexibility index (Phi) is 6.44. The second-order valence-electron chi connectivity index (χ2n) is 9.86. The molecule has 2 aliphatic rings. The molecule has 0 spiro atoms. The number of rotatable bonds is 7. The second-order valence-corrected chi connectivity index (χ2v) is 9.86. The van der Waals surface area contributed by atoms with Gasteiger partial charge in [0.25, 0.3) is 6.47 Å². The van der Waals surface area contributed by atoms with E-state index in [2.05, 4.69) is 61.8 Å². The normalized spacial score (nSPS) is 22.6. The minimum Gasteiger partial charge on any atom is -0.461 e. The SMILES string of the molecule is CC(C)(CN1CCN(Cc2cccc(B3OC(C)(C)C(C)(C)O3)c2)CC1)OC=O. The van der Waals surface area contributed by atoms with Gasteiger partial charge in [-0.3, -0.25) is 14.6 Å². The Bertz CT molecular complexity index is 699. The van der Waals surface area contributed by atoms with Crippen LogP contribution in [0.25, 0.3) is 0 Å². The number of hydrogen-bond acceptors (Lipinski definition) is 6. The number of hydrogen-bond donors (Lipinski definition) is 0. The van der Waals surface area contributed by atoms with Crippen LogP contribution in [0.2, 0.25) is 0 Å². The van der Waals surface area contributed by atoms with Crippen LogP contribution < -0.4 is 5.46 Å². The van der Waals surface area contributed by atoms with Crippen LogP contribution in [0.15, 0.2) is 24.3 Å². The first kappa shape index (κ1) is 22.3. The van der Waals surface area contributed by atoms with Gasteiger partial charge in [0.15, 0.2) is 0 Å². The smallest absolute Gasteiger partial charge is 0.461 e. The zero-order valence-electron chi connectivity index (χ0n) is 18.7. The average Bonchev–Trinajstić information content (AvgIpc) is 2.84. The van der Waals surface area contributed by atoms with Crippen LogP contribution >= 0.6 is 0 Å². The Labute approximate surface area is 175 Å². The molecule has 2 saturated heterocycles. The molecule has 3 rings (SSSR count). The fourth-order valence-electron chi connectivity index (χ4n) is 3.89. The zero-order chi connectivity index (χ0) is 21.3. The summed E-state index contributed by atoms with van der Waals surface area (Å²) in [4.78, 5) is 15.5. The summed E-state index contributed by atoms with van der Waals surface area (Å²) in [5.74, 6) is 0. The summed E-state index contributed by atoms with van der Waals surface area (Å²) in [6, 6.07) is 8.54. The van der Waals surface area contributed by atoms with Gasteiger partial charge >= 0.3 is 7.12 Å². The summed E-state index contributed by atoms with van der Waals surface area (Å²) in [7, 11) is -0.322. The molecule has 0 atom stereocenters. The van der Waals surface area contributed by atoms with Crippen LogP contribution in [0.3, 0.4) is 0 Å². The molecule has 0 aromatic heterocycles. The lowest BCUT2D eigenvalue weighted by Gasteiger charge is -2.38. The molecule has 2 heterocycles. The van der Waals surface area contributed by atoms with E-state index < -0.39 is 5.60 Å². The highest BCUT2D eigenvalue weighted by molar-refractivity contribution is 6.62. The predicted octanol–water partition coefficient (Wildman–Crippen LogP) is 2.05. The largest absolute Gasteiger partial charge is 0.494 e. The molecule has 0 unspecified atom stereocenters. The van der Waals surface area contributed by atoms with Crippen molar-refractivity contribution < 1.29 is 18.8 Å². The molecule has 1 aromatic carbocycles. The Balaban J connectivity index is 1.55. The van der Waals surface area contributed by atoms with Gasteiger partial charge in [0.1, 0.15) is 5.60 Å². The van der Waals surface area contributed by atoms with E-state index in [1.54, 1.807) is 0 Å². The quantitative estimate of drug-likeness (QED) is 0.514. The Morgan fingerprint density at radius 3 is 2.24 bits per heavy atom. The van der Waals surface area contributed by atoms with Gasteiger partial charge in [0.2, 0.25) is 0 Å². The summed E-state index contributed by atoms with van der Waals surface area (Å²) in [6.07, 6.45) is 0. The molecule has 0 radical (unpaired) electrons. The van der Waals surface area contributed by atoms with Crippen LogP contribution in [0, 0.1) is 0 Å². The van der Waals surface area contributed by atoms with Gasteiger partial charge in [-0.25, -0.2) is 0 Å². The van der Waals surface area contributed by atoms with Crippen LogP contribution in [-0.4, -0.2) is 72.9 Å². The van der Waals surface area contributed by atoms with Crippen molar-refractivity contribution in [3.63, 3.8) is 0 Å². The number of ether oxygens (including phenoxy) is 1. The van der Waals surface area contributed by atoms with Crippen molar-refractivity contribution in [3.05, 3.63) is 29.8 Å². The lowest BCUT2D eigenvalue weighted by Crippen LogP contribution is -2.50. The van der Waals surface area contributed by atoms with E-state index in [0.29, 0.717) is 6.47 Å². The van der Waals surface area contributed by atoms with Crippen molar-refractivity contribution in [3.8, 4) is 0 Å². The minimum absolute atomic E-state index is 0.322. The summed E-state index contributed by atoms with van der Waals surface area (Å²) >= 11 is 0. The van der Waals surface area contributed by atoms with Crippen molar-refractivity contribution in [2.75, 3.05) is 32.7 Å². The van der Waals surface area contributed by atoms with Crippen LogP contribution in [0.1, 0.15) is 47.1 Å². The number of piperazine rings is 1. The van der Waals surface area contributed by atoms with Gasteiger partial charge in [0.05, 0.1) is 11.2 Å². The standard InChI is InChI=1S/C22H35BN2O4/c1-20(2,27-17-26)16-25-12-10-24(11-13-25)15-18-8-7-9-19(14-18)23-28-21(3,4)22(5,6)29-23/h7-9,14,17H,10-13,15-16H2,1-6H3. The van der Waals surface area contributed by atoms with Gasteiger partial charge in [-0.15, -0.1) is 0 Å². The van der Waals surface area contributed by atoms with Gasteiger partial charge in [-0.1, -0.05) is 24.3 Å². The fraction of sp³-hybridized carbons (Fsp3) is 0.682. The fourth-order valence-corrected chi connectivity index (χ4v) is 3.89. The predicted molar refractivity (Wildman–Crippen MR) is 115 cm³/mol. The van der Waals surface area contributed by atoms with E-state index in [-0.39, 0.29) is 18.3 Å². The average molecular weight is 402 g/mol. The maximum Gasteiger partial charge on any atom is 0.494 e. The first-order chi connectivity index (χ1) is 13.5. The summed E-state index contributed by atoms with van der Waals surface area (Å²) in [5.41, 5.74) is 1.25. The topological polar surface area (TPSA) is 51.2 Å². The molecule has 160 valence electrons. The maximum absolute atomic E-state index is 10.6. The molecule has 2 aliphatic heterocycles. The minimum atomic E-state index is -0.443. The van der Waals surface area contributed by atoms with E-state index >= 15 is 0 Å². The summed E-state index contributed by atoms with van der Waals surface area (Å²) in [6.45, 7) is 18.4. The lowest BCUT2D eigenvalue weighted by atomic mass is 9.78. The highest BCUT2D eigenvalue weighted by Crippen LogP contribution is 2.36. The molecule has 1 aromatic rings. The van der Waals surface area contributed by atoms with E-state index in [9.17, 15) is 4.79 Å². The molecular weight excluding hydrogens is 367 g/mol. The number of nitrogens with zero attached hydrogens (tertiary/aromatic N) is 2. The van der Waals surface area contributed by atoms with Gasteiger partial charge < -0.3 is 14.0 Å². The first-order valence-electron chi connectivity index (χ1n) is 10.5. The number of carbonyl (C=O) groups is 1. The Morgan fingerprint density at radius 1 is 1.07 bits per heavy atom. The second kappa shape index (κ2) is 8.38.